The lowest BCUT2D eigenvalue weighted by Gasteiger charge is -2.40. The van der Waals surface area contributed by atoms with Crippen LogP contribution >= 0.6 is 0 Å². The van der Waals surface area contributed by atoms with Crippen LogP contribution in [0.15, 0.2) is 60.7 Å². The average Bonchev–Trinajstić information content (AvgIpc) is 2.77. The van der Waals surface area contributed by atoms with Gasteiger partial charge in [0.05, 0.1) is 26.7 Å². The van der Waals surface area contributed by atoms with Gasteiger partial charge in [0.2, 0.25) is 0 Å². The molecule has 0 spiro atoms. The summed E-state index contributed by atoms with van der Waals surface area (Å²) in [5, 5.41) is 11.7. The van der Waals surface area contributed by atoms with Gasteiger partial charge in [-0.05, 0) is 48.4 Å². The van der Waals surface area contributed by atoms with E-state index in [-0.39, 0.29) is 18.3 Å². The van der Waals surface area contributed by atoms with Crippen LogP contribution in [0, 0.1) is 11.8 Å². The third-order valence-electron chi connectivity index (χ3n) is 5.47. The normalized spacial score (nSPS) is 22.9. The quantitative estimate of drug-likeness (QED) is 0.427. The number of aliphatic hydroxyl groups is 1. The van der Waals surface area contributed by atoms with Crippen molar-refractivity contribution in [2.75, 3.05) is 20.8 Å². The average molecular weight is 410 g/mol. The molecule has 6 nitrogen and oxygen atoms in total. The van der Waals surface area contributed by atoms with E-state index < -0.39 is 17.5 Å². The van der Waals surface area contributed by atoms with Crippen LogP contribution in [0.1, 0.15) is 29.3 Å². The Labute approximate surface area is 176 Å². The molecule has 0 unspecified atom stereocenters. The molecule has 0 aromatic heterocycles. The lowest BCUT2D eigenvalue weighted by atomic mass is 9.67. The highest BCUT2D eigenvalue weighted by Crippen LogP contribution is 2.43. The lowest BCUT2D eigenvalue weighted by molar-refractivity contribution is -0.144. The molecule has 158 valence electrons. The zero-order valence-corrected chi connectivity index (χ0v) is 17.3. The summed E-state index contributed by atoms with van der Waals surface area (Å²) in [6.45, 7) is 1.37. The first-order valence-corrected chi connectivity index (χ1v) is 9.75. The number of hydrogen-bond acceptors (Lipinski definition) is 6. The fourth-order valence-corrected chi connectivity index (χ4v) is 3.89. The largest absolute Gasteiger partial charge is 0.497 e. The van der Waals surface area contributed by atoms with E-state index in [1.165, 1.54) is 6.92 Å². The molecule has 0 bridgehead atoms. The summed E-state index contributed by atoms with van der Waals surface area (Å²) in [7, 11) is 3.12. The fraction of sp³-hybridized carbons (Fsp3) is 0.333. The van der Waals surface area contributed by atoms with Crippen molar-refractivity contribution in [2.24, 2.45) is 11.8 Å². The van der Waals surface area contributed by atoms with E-state index in [2.05, 4.69) is 0 Å². The van der Waals surface area contributed by atoms with Crippen LogP contribution < -0.4 is 9.47 Å². The van der Waals surface area contributed by atoms with E-state index in [1.54, 1.807) is 68.8 Å². The maximum Gasteiger partial charge on any atom is 0.302 e. The molecule has 1 aliphatic rings. The van der Waals surface area contributed by atoms with Gasteiger partial charge in [-0.3, -0.25) is 9.59 Å². The summed E-state index contributed by atoms with van der Waals surface area (Å²) in [4.78, 5) is 25.0. The van der Waals surface area contributed by atoms with Crippen molar-refractivity contribution in [2.45, 2.75) is 18.9 Å². The predicted molar refractivity (Wildman–Crippen MR) is 112 cm³/mol. The Morgan fingerprint density at radius 1 is 1.00 bits per heavy atom. The van der Waals surface area contributed by atoms with Crippen molar-refractivity contribution >= 4 is 11.8 Å². The van der Waals surface area contributed by atoms with Crippen LogP contribution in [-0.4, -0.2) is 37.7 Å². The second kappa shape index (κ2) is 9.13. The SMILES string of the molecule is COc1ccc(C(=O)[C@H]2[C@H](COC(C)=O)CC=C[C@@]2(O)c2ccc(OC)cc2)cc1. The van der Waals surface area contributed by atoms with E-state index in [0.29, 0.717) is 29.0 Å². The van der Waals surface area contributed by atoms with Gasteiger partial charge in [0.15, 0.2) is 5.78 Å². The number of esters is 1. The highest BCUT2D eigenvalue weighted by Gasteiger charge is 2.47. The van der Waals surface area contributed by atoms with Gasteiger partial charge in [0.1, 0.15) is 17.1 Å². The van der Waals surface area contributed by atoms with Crippen LogP contribution in [0.3, 0.4) is 0 Å². The number of allylic oxidation sites excluding steroid dienone is 1. The Morgan fingerprint density at radius 3 is 2.10 bits per heavy atom. The van der Waals surface area contributed by atoms with Crippen molar-refractivity contribution in [3.8, 4) is 11.5 Å². The standard InChI is InChI=1S/C24H26O6/c1-16(25)30-15-18-5-4-14-24(27,19-8-12-21(29-3)13-9-19)22(18)23(26)17-6-10-20(28-2)11-7-17/h4,6-14,18,22,27H,5,15H2,1-3H3/t18-,22+,24+/m0/s1. The Bertz CT molecular complexity index is 916. The number of benzene rings is 2. The van der Waals surface area contributed by atoms with E-state index >= 15 is 0 Å². The van der Waals surface area contributed by atoms with Gasteiger partial charge < -0.3 is 19.3 Å². The highest BCUT2D eigenvalue weighted by molar-refractivity contribution is 5.99. The molecular formula is C24H26O6. The molecule has 30 heavy (non-hydrogen) atoms. The van der Waals surface area contributed by atoms with Crippen LogP contribution in [0.25, 0.3) is 0 Å². The molecule has 2 aromatic carbocycles. The number of carbonyl (C=O) groups excluding carboxylic acids is 2. The number of rotatable bonds is 7. The minimum absolute atomic E-state index is 0.0463. The minimum Gasteiger partial charge on any atom is -0.497 e. The lowest BCUT2D eigenvalue weighted by Crippen LogP contribution is -2.46. The van der Waals surface area contributed by atoms with Crippen molar-refractivity contribution in [3.63, 3.8) is 0 Å². The molecular weight excluding hydrogens is 384 g/mol. The third kappa shape index (κ3) is 4.39. The van der Waals surface area contributed by atoms with Gasteiger partial charge in [0.25, 0.3) is 0 Å². The fourth-order valence-electron chi connectivity index (χ4n) is 3.89. The van der Waals surface area contributed by atoms with Gasteiger partial charge in [-0.2, -0.15) is 0 Å². The van der Waals surface area contributed by atoms with Gasteiger partial charge >= 0.3 is 5.97 Å². The Morgan fingerprint density at radius 2 is 1.57 bits per heavy atom. The molecule has 0 amide bonds. The van der Waals surface area contributed by atoms with Crippen LogP contribution in [0.4, 0.5) is 0 Å². The molecule has 2 aromatic rings. The molecule has 0 radical (unpaired) electrons. The smallest absolute Gasteiger partial charge is 0.302 e. The van der Waals surface area contributed by atoms with Crippen molar-refractivity contribution in [1.82, 2.24) is 0 Å². The molecule has 0 saturated carbocycles. The van der Waals surface area contributed by atoms with Gasteiger partial charge in [-0.25, -0.2) is 0 Å². The number of Topliss-reactive ketones (excluding diaryl/α,β-unsaturated/α-hetero) is 1. The van der Waals surface area contributed by atoms with Crippen molar-refractivity contribution in [1.29, 1.82) is 0 Å². The molecule has 3 rings (SSSR count). The number of carbonyl (C=O) groups is 2. The Balaban J connectivity index is 2.03. The maximum atomic E-state index is 13.6. The molecule has 0 fully saturated rings. The number of ether oxygens (including phenoxy) is 3. The first kappa shape index (κ1) is 21.6. The molecule has 0 heterocycles. The second-order valence-corrected chi connectivity index (χ2v) is 7.33. The molecule has 6 heteroatoms. The number of ketones is 1. The highest BCUT2D eigenvalue weighted by atomic mass is 16.5. The summed E-state index contributed by atoms with van der Waals surface area (Å²) in [5.74, 6) is -0.566. The van der Waals surface area contributed by atoms with Crippen LogP contribution in [0.5, 0.6) is 11.5 Å². The summed E-state index contributed by atoms with van der Waals surface area (Å²) >= 11 is 0. The molecule has 1 aliphatic carbocycles. The Hall–Kier alpha value is -3.12. The van der Waals surface area contributed by atoms with Crippen molar-refractivity contribution in [3.05, 3.63) is 71.8 Å². The van der Waals surface area contributed by atoms with E-state index in [9.17, 15) is 14.7 Å². The van der Waals surface area contributed by atoms with Crippen molar-refractivity contribution < 1.29 is 28.9 Å². The minimum atomic E-state index is -1.55. The first-order valence-electron chi connectivity index (χ1n) is 9.75. The zero-order valence-electron chi connectivity index (χ0n) is 17.3. The maximum absolute atomic E-state index is 13.6. The zero-order chi connectivity index (χ0) is 21.7. The first-order chi connectivity index (χ1) is 14.4. The van der Waals surface area contributed by atoms with E-state index in [4.69, 9.17) is 14.2 Å². The van der Waals surface area contributed by atoms with Gasteiger partial charge in [-0.1, -0.05) is 24.3 Å². The van der Waals surface area contributed by atoms with Gasteiger partial charge in [-0.15, -0.1) is 0 Å². The molecule has 0 saturated heterocycles. The number of hydrogen-bond donors (Lipinski definition) is 1. The van der Waals surface area contributed by atoms with E-state index in [1.807, 2.05) is 6.08 Å². The molecule has 3 atom stereocenters. The summed E-state index contributed by atoms with van der Waals surface area (Å²) < 4.78 is 15.6. The second-order valence-electron chi connectivity index (χ2n) is 7.33. The summed E-state index contributed by atoms with van der Waals surface area (Å²) in [5.41, 5.74) is -0.526. The topological polar surface area (TPSA) is 82.1 Å². The monoisotopic (exact) mass is 410 g/mol. The molecule has 0 aliphatic heterocycles. The number of methoxy groups -OCH3 is 2. The Kier molecular flexibility index (Phi) is 6.57. The van der Waals surface area contributed by atoms with E-state index in [0.717, 1.165) is 0 Å². The third-order valence-corrected chi connectivity index (χ3v) is 5.47. The van der Waals surface area contributed by atoms with Gasteiger partial charge in [0, 0.05) is 18.4 Å². The predicted octanol–water partition coefficient (Wildman–Crippen LogP) is 3.53. The van der Waals surface area contributed by atoms with Crippen LogP contribution in [0.2, 0.25) is 0 Å². The summed E-state index contributed by atoms with van der Waals surface area (Å²) in [6, 6.07) is 13.7. The van der Waals surface area contributed by atoms with Crippen LogP contribution in [-0.2, 0) is 15.1 Å². The molecule has 1 N–H and O–H groups in total. The summed E-state index contributed by atoms with van der Waals surface area (Å²) in [6.07, 6.45) is 4.00.